The molecule has 0 amide bonds. The predicted molar refractivity (Wildman–Crippen MR) is 68.2 cm³/mol. The summed E-state index contributed by atoms with van der Waals surface area (Å²) in [4.78, 5) is 16.0. The molecule has 1 heterocycles. The van der Waals surface area contributed by atoms with E-state index in [0.29, 0.717) is 19.8 Å². The second kappa shape index (κ2) is 7.79. The molecule has 1 atom stereocenters. The van der Waals surface area contributed by atoms with Crippen molar-refractivity contribution >= 4 is 5.97 Å². The fraction of sp³-hybridized carbons (Fsp3) is 0.538. The van der Waals surface area contributed by atoms with Crippen LogP contribution in [-0.4, -0.2) is 37.8 Å². The number of carbonyl (C=O) groups is 1. The van der Waals surface area contributed by atoms with Gasteiger partial charge < -0.3 is 9.47 Å². The lowest BCUT2D eigenvalue weighted by Crippen LogP contribution is -2.33. The number of aryl methyl sites for hydroxylation is 1. The second-order valence-electron chi connectivity index (χ2n) is 3.86. The van der Waals surface area contributed by atoms with Crippen LogP contribution in [0.2, 0.25) is 0 Å². The average Bonchev–Trinajstić information content (AvgIpc) is 2.36. The highest BCUT2D eigenvalue weighted by Crippen LogP contribution is 2.17. The third kappa shape index (κ3) is 4.09. The summed E-state index contributed by atoms with van der Waals surface area (Å²) in [6.07, 6.45) is 3.40. The molecule has 0 aromatic carbocycles. The van der Waals surface area contributed by atoms with Gasteiger partial charge in [0.1, 0.15) is 6.04 Å². The standard InChI is InChI=1S/C13H20N2O3/c1-4-18-13(16)12(15-7-8-17-3)11-9-14-6-5-10(11)2/h5-6,9,12,15H,4,7-8H2,1-3H3. The molecule has 0 aliphatic carbocycles. The van der Waals surface area contributed by atoms with Gasteiger partial charge in [0.2, 0.25) is 0 Å². The molecule has 0 radical (unpaired) electrons. The number of ether oxygens (including phenoxy) is 2. The predicted octanol–water partition coefficient (Wildman–Crippen LogP) is 1.23. The van der Waals surface area contributed by atoms with E-state index in [1.807, 2.05) is 13.0 Å². The van der Waals surface area contributed by atoms with Crippen LogP contribution in [0.15, 0.2) is 18.5 Å². The molecule has 0 fully saturated rings. The number of rotatable bonds is 7. The summed E-state index contributed by atoms with van der Waals surface area (Å²) in [5.74, 6) is -0.287. The average molecular weight is 252 g/mol. The van der Waals surface area contributed by atoms with E-state index in [1.165, 1.54) is 0 Å². The number of nitrogens with one attached hydrogen (secondary N) is 1. The number of nitrogens with zero attached hydrogens (tertiary/aromatic N) is 1. The highest BCUT2D eigenvalue weighted by Gasteiger charge is 2.22. The van der Waals surface area contributed by atoms with E-state index in [-0.39, 0.29) is 5.97 Å². The maximum absolute atomic E-state index is 11.9. The van der Waals surface area contributed by atoms with Crippen molar-refractivity contribution in [2.75, 3.05) is 26.9 Å². The summed E-state index contributed by atoms with van der Waals surface area (Å²) < 4.78 is 10.0. The van der Waals surface area contributed by atoms with Crippen LogP contribution < -0.4 is 5.32 Å². The first-order valence-corrected chi connectivity index (χ1v) is 6.00. The smallest absolute Gasteiger partial charge is 0.327 e. The Morgan fingerprint density at radius 3 is 2.94 bits per heavy atom. The van der Waals surface area contributed by atoms with Gasteiger partial charge in [0.05, 0.1) is 13.2 Å². The van der Waals surface area contributed by atoms with E-state index in [4.69, 9.17) is 9.47 Å². The zero-order chi connectivity index (χ0) is 13.4. The third-order valence-electron chi connectivity index (χ3n) is 2.57. The molecule has 0 aliphatic rings. The SMILES string of the molecule is CCOC(=O)C(NCCOC)c1cnccc1C. The molecule has 0 spiro atoms. The normalized spacial score (nSPS) is 12.2. The Bertz CT molecular complexity index is 382. The van der Waals surface area contributed by atoms with Crippen molar-refractivity contribution in [2.24, 2.45) is 0 Å². The van der Waals surface area contributed by atoms with Gasteiger partial charge in [-0.3, -0.25) is 10.3 Å². The van der Waals surface area contributed by atoms with Crippen LogP contribution in [0, 0.1) is 6.92 Å². The third-order valence-corrected chi connectivity index (χ3v) is 2.57. The van der Waals surface area contributed by atoms with Gasteiger partial charge in [-0.1, -0.05) is 0 Å². The topological polar surface area (TPSA) is 60.5 Å². The number of carbonyl (C=O) groups excluding carboxylic acids is 1. The maximum atomic E-state index is 11.9. The highest BCUT2D eigenvalue weighted by molar-refractivity contribution is 5.78. The summed E-state index contributed by atoms with van der Waals surface area (Å²) in [5, 5.41) is 3.12. The Balaban J connectivity index is 2.82. The molecule has 1 aromatic heterocycles. The minimum atomic E-state index is -0.492. The van der Waals surface area contributed by atoms with Crippen molar-refractivity contribution in [3.8, 4) is 0 Å². The molecular weight excluding hydrogens is 232 g/mol. The minimum Gasteiger partial charge on any atom is -0.465 e. The Labute approximate surface area is 108 Å². The fourth-order valence-corrected chi connectivity index (χ4v) is 1.63. The first-order valence-electron chi connectivity index (χ1n) is 6.00. The largest absolute Gasteiger partial charge is 0.465 e. The molecule has 1 rings (SSSR count). The molecule has 5 heteroatoms. The molecule has 100 valence electrons. The summed E-state index contributed by atoms with van der Waals surface area (Å²) in [5.41, 5.74) is 1.85. The van der Waals surface area contributed by atoms with Gasteiger partial charge in [-0.05, 0) is 25.5 Å². The van der Waals surface area contributed by atoms with E-state index in [0.717, 1.165) is 11.1 Å². The van der Waals surface area contributed by atoms with Crippen LogP contribution in [0.25, 0.3) is 0 Å². The molecule has 0 saturated heterocycles. The van der Waals surface area contributed by atoms with Crippen molar-refractivity contribution in [3.05, 3.63) is 29.6 Å². The first kappa shape index (κ1) is 14.6. The van der Waals surface area contributed by atoms with Crippen LogP contribution in [0.1, 0.15) is 24.1 Å². The summed E-state index contributed by atoms with van der Waals surface area (Å²) >= 11 is 0. The Morgan fingerprint density at radius 2 is 2.33 bits per heavy atom. The molecular formula is C13H20N2O3. The lowest BCUT2D eigenvalue weighted by atomic mass is 10.0. The van der Waals surface area contributed by atoms with E-state index < -0.39 is 6.04 Å². The van der Waals surface area contributed by atoms with E-state index in [9.17, 15) is 4.79 Å². The zero-order valence-electron chi connectivity index (χ0n) is 11.1. The lowest BCUT2D eigenvalue weighted by Gasteiger charge is -2.18. The Hall–Kier alpha value is -1.46. The number of esters is 1. The molecule has 18 heavy (non-hydrogen) atoms. The van der Waals surface area contributed by atoms with Gasteiger partial charge in [-0.25, -0.2) is 4.79 Å². The molecule has 1 aromatic rings. The minimum absolute atomic E-state index is 0.287. The van der Waals surface area contributed by atoms with Crippen LogP contribution in [0.5, 0.6) is 0 Å². The lowest BCUT2D eigenvalue weighted by molar-refractivity contribution is -0.145. The van der Waals surface area contributed by atoms with Crippen molar-refractivity contribution in [1.82, 2.24) is 10.3 Å². The molecule has 1 unspecified atom stereocenters. The molecule has 1 N–H and O–H groups in total. The van der Waals surface area contributed by atoms with Crippen LogP contribution in [0.3, 0.4) is 0 Å². The summed E-state index contributed by atoms with van der Waals surface area (Å²) in [7, 11) is 1.62. The number of pyridine rings is 1. The number of hydrogen-bond donors (Lipinski definition) is 1. The van der Waals surface area contributed by atoms with Gasteiger partial charge in [0.15, 0.2) is 0 Å². The monoisotopic (exact) mass is 252 g/mol. The van der Waals surface area contributed by atoms with Gasteiger partial charge in [-0.15, -0.1) is 0 Å². The van der Waals surface area contributed by atoms with E-state index in [1.54, 1.807) is 26.4 Å². The summed E-state index contributed by atoms with van der Waals surface area (Å²) in [6.45, 7) is 5.21. The van der Waals surface area contributed by atoms with Crippen molar-refractivity contribution in [3.63, 3.8) is 0 Å². The fourth-order valence-electron chi connectivity index (χ4n) is 1.63. The highest BCUT2D eigenvalue weighted by atomic mass is 16.5. The summed E-state index contributed by atoms with van der Waals surface area (Å²) in [6, 6.07) is 1.38. The van der Waals surface area contributed by atoms with Gasteiger partial charge in [0, 0.05) is 31.6 Å². The zero-order valence-corrected chi connectivity index (χ0v) is 11.1. The Kier molecular flexibility index (Phi) is 6.32. The first-order chi connectivity index (χ1) is 8.70. The Morgan fingerprint density at radius 1 is 1.56 bits per heavy atom. The van der Waals surface area contributed by atoms with Gasteiger partial charge in [0.25, 0.3) is 0 Å². The maximum Gasteiger partial charge on any atom is 0.327 e. The number of methoxy groups -OCH3 is 1. The molecule has 0 aliphatic heterocycles. The number of aromatic nitrogens is 1. The molecule has 0 bridgehead atoms. The van der Waals surface area contributed by atoms with Crippen molar-refractivity contribution in [2.45, 2.75) is 19.9 Å². The quantitative estimate of drug-likeness (QED) is 0.584. The van der Waals surface area contributed by atoms with Gasteiger partial charge in [-0.2, -0.15) is 0 Å². The van der Waals surface area contributed by atoms with Crippen LogP contribution >= 0.6 is 0 Å². The molecule has 5 nitrogen and oxygen atoms in total. The number of hydrogen-bond acceptors (Lipinski definition) is 5. The van der Waals surface area contributed by atoms with Gasteiger partial charge >= 0.3 is 5.97 Å². The van der Waals surface area contributed by atoms with Crippen molar-refractivity contribution in [1.29, 1.82) is 0 Å². The van der Waals surface area contributed by atoms with Crippen LogP contribution in [-0.2, 0) is 14.3 Å². The van der Waals surface area contributed by atoms with E-state index >= 15 is 0 Å². The molecule has 0 saturated carbocycles. The van der Waals surface area contributed by atoms with E-state index in [2.05, 4.69) is 10.3 Å². The second-order valence-corrected chi connectivity index (χ2v) is 3.86. The van der Waals surface area contributed by atoms with Crippen molar-refractivity contribution < 1.29 is 14.3 Å². The van der Waals surface area contributed by atoms with Crippen LogP contribution in [0.4, 0.5) is 0 Å².